The Morgan fingerprint density at radius 1 is 1.58 bits per heavy atom. The van der Waals surface area contributed by atoms with Gasteiger partial charge in [-0.1, -0.05) is 32.4 Å². The lowest BCUT2D eigenvalue weighted by molar-refractivity contribution is 0.328. The van der Waals surface area contributed by atoms with Gasteiger partial charge in [-0.15, -0.1) is 0 Å². The van der Waals surface area contributed by atoms with Crippen LogP contribution in [0.2, 0.25) is 5.02 Å². The molecule has 3 nitrogen and oxygen atoms in total. The maximum atomic E-state index is 5.75. The molecule has 1 aromatic rings. The summed E-state index contributed by atoms with van der Waals surface area (Å²) in [6.45, 7) is 7.16. The molecule has 68 valence electrons. The number of anilines is 1. The van der Waals surface area contributed by atoms with E-state index in [1.807, 2.05) is 0 Å². The van der Waals surface area contributed by atoms with Crippen molar-refractivity contribution in [3.8, 4) is 0 Å². The molecule has 0 saturated carbocycles. The van der Waals surface area contributed by atoms with Crippen molar-refractivity contribution in [2.75, 3.05) is 5.73 Å². The van der Waals surface area contributed by atoms with Crippen molar-refractivity contribution in [2.24, 2.45) is 5.41 Å². The zero-order valence-corrected chi connectivity index (χ0v) is 8.39. The smallest absolute Gasteiger partial charge is 0.140 e. The molecule has 0 aliphatic rings. The van der Waals surface area contributed by atoms with Crippen LogP contribution in [0.15, 0.2) is 6.20 Å². The highest BCUT2D eigenvalue weighted by atomic mass is 35.5. The number of rotatable bonds is 1. The van der Waals surface area contributed by atoms with E-state index in [4.69, 9.17) is 17.3 Å². The lowest BCUT2D eigenvalue weighted by Gasteiger charge is -2.18. The summed E-state index contributed by atoms with van der Waals surface area (Å²) in [6, 6.07) is 0. The van der Waals surface area contributed by atoms with Gasteiger partial charge in [0.2, 0.25) is 0 Å². The van der Waals surface area contributed by atoms with E-state index in [0.717, 1.165) is 6.54 Å². The summed E-state index contributed by atoms with van der Waals surface area (Å²) in [6.07, 6.45) is 1.57. The van der Waals surface area contributed by atoms with Gasteiger partial charge in [-0.05, 0) is 5.41 Å². The molecule has 0 fully saturated rings. The first-order valence-electron chi connectivity index (χ1n) is 3.87. The van der Waals surface area contributed by atoms with Gasteiger partial charge < -0.3 is 5.73 Å². The fourth-order valence-electron chi connectivity index (χ4n) is 0.947. The predicted molar refractivity (Wildman–Crippen MR) is 51.1 cm³/mol. The van der Waals surface area contributed by atoms with Crippen LogP contribution in [0.1, 0.15) is 20.8 Å². The number of hydrogen-bond donors (Lipinski definition) is 1. The van der Waals surface area contributed by atoms with E-state index >= 15 is 0 Å². The average Bonchev–Trinajstić information content (AvgIpc) is 2.16. The third-order valence-electron chi connectivity index (χ3n) is 1.46. The van der Waals surface area contributed by atoms with Gasteiger partial charge in [0.15, 0.2) is 0 Å². The lowest BCUT2D eigenvalue weighted by atomic mass is 9.97. The molecular formula is C8H14ClN3. The molecule has 0 unspecified atom stereocenters. The van der Waals surface area contributed by atoms with Crippen molar-refractivity contribution in [3.05, 3.63) is 11.2 Å². The predicted octanol–water partition coefficient (Wildman–Crippen LogP) is 2.16. The van der Waals surface area contributed by atoms with Crippen LogP contribution in [0.4, 0.5) is 5.82 Å². The van der Waals surface area contributed by atoms with E-state index < -0.39 is 0 Å². The molecule has 12 heavy (non-hydrogen) atoms. The van der Waals surface area contributed by atoms with E-state index in [2.05, 4.69) is 25.9 Å². The molecule has 1 aromatic heterocycles. The minimum absolute atomic E-state index is 0.170. The Kier molecular flexibility index (Phi) is 2.33. The van der Waals surface area contributed by atoms with Crippen LogP contribution < -0.4 is 5.73 Å². The van der Waals surface area contributed by atoms with Crippen LogP contribution in [0.5, 0.6) is 0 Å². The van der Waals surface area contributed by atoms with Gasteiger partial charge >= 0.3 is 0 Å². The zero-order valence-electron chi connectivity index (χ0n) is 7.63. The number of hydrogen-bond acceptors (Lipinski definition) is 2. The molecule has 0 aliphatic heterocycles. The van der Waals surface area contributed by atoms with Crippen molar-refractivity contribution in [3.63, 3.8) is 0 Å². The SMILES string of the molecule is CC(C)(C)Cn1ncc(Cl)c1N. The van der Waals surface area contributed by atoms with Crippen LogP contribution >= 0.6 is 11.6 Å². The Labute approximate surface area is 77.5 Å². The van der Waals surface area contributed by atoms with Gasteiger partial charge in [0, 0.05) is 6.54 Å². The highest BCUT2D eigenvalue weighted by Crippen LogP contribution is 2.22. The van der Waals surface area contributed by atoms with Gasteiger partial charge in [-0.2, -0.15) is 5.10 Å². The third kappa shape index (κ3) is 2.14. The molecular weight excluding hydrogens is 174 g/mol. The fraction of sp³-hybridized carbons (Fsp3) is 0.625. The topological polar surface area (TPSA) is 43.8 Å². The maximum Gasteiger partial charge on any atom is 0.140 e. The minimum atomic E-state index is 0.170. The highest BCUT2D eigenvalue weighted by molar-refractivity contribution is 6.32. The third-order valence-corrected chi connectivity index (χ3v) is 1.75. The molecule has 1 heterocycles. The first kappa shape index (κ1) is 9.39. The van der Waals surface area contributed by atoms with E-state index in [-0.39, 0.29) is 5.41 Å². The molecule has 0 aromatic carbocycles. The van der Waals surface area contributed by atoms with Crippen LogP contribution in [0.3, 0.4) is 0 Å². The monoisotopic (exact) mass is 187 g/mol. The maximum absolute atomic E-state index is 5.75. The standard InChI is InChI=1S/C8H14ClN3/c1-8(2,3)5-12-7(10)6(9)4-11-12/h4H,5,10H2,1-3H3. The largest absolute Gasteiger partial charge is 0.383 e. The molecule has 0 saturated heterocycles. The summed E-state index contributed by atoms with van der Waals surface area (Å²) < 4.78 is 1.72. The molecule has 0 bridgehead atoms. The molecule has 4 heteroatoms. The Balaban J connectivity index is 2.83. The lowest BCUT2D eigenvalue weighted by Crippen LogP contribution is -2.17. The van der Waals surface area contributed by atoms with Crippen LogP contribution in [-0.4, -0.2) is 9.78 Å². The van der Waals surface area contributed by atoms with Crippen LogP contribution in [0.25, 0.3) is 0 Å². The second kappa shape index (κ2) is 2.98. The molecule has 0 atom stereocenters. The molecule has 2 N–H and O–H groups in total. The zero-order chi connectivity index (χ0) is 9.35. The average molecular weight is 188 g/mol. The second-order valence-corrected chi connectivity index (χ2v) is 4.50. The van der Waals surface area contributed by atoms with E-state index in [1.165, 1.54) is 0 Å². The van der Waals surface area contributed by atoms with Gasteiger partial charge in [-0.25, -0.2) is 4.68 Å². The van der Waals surface area contributed by atoms with E-state index in [9.17, 15) is 0 Å². The number of halogens is 1. The quantitative estimate of drug-likeness (QED) is 0.733. The molecule has 0 aliphatic carbocycles. The molecule has 0 spiro atoms. The Morgan fingerprint density at radius 2 is 2.17 bits per heavy atom. The highest BCUT2D eigenvalue weighted by Gasteiger charge is 2.14. The summed E-state index contributed by atoms with van der Waals surface area (Å²) in [5, 5.41) is 4.59. The normalized spacial score (nSPS) is 12.0. The summed E-state index contributed by atoms with van der Waals surface area (Å²) in [5.41, 5.74) is 5.85. The number of nitrogens with zero attached hydrogens (tertiary/aromatic N) is 2. The molecule has 0 radical (unpaired) electrons. The van der Waals surface area contributed by atoms with E-state index in [1.54, 1.807) is 10.9 Å². The van der Waals surface area contributed by atoms with Crippen LogP contribution in [-0.2, 0) is 6.54 Å². The van der Waals surface area contributed by atoms with Gasteiger partial charge in [0.1, 0.15) is 10.8 Å². The summed E-state index contributed by atoms with van der Waals surface area (Å²) in [4.78, 5) is 0. The number of aromatic nitrogens is 2. The summed E-state index contributed by atoms with van der Waals surface area (Å²) in [5.74, 6) is 0.548. The summed E-state index contributed by atoms with van der Waals surface area (Å²) in [7, 11) is 0. The Bertz CT molecular complexity index is 272. The first-order valence-corrected chi connectivity index (χ1v) is 4.25. The Morgan fingerprint density at radius 3 is 2.50 bits per heavy atom. The Hall–Kier alpha value is -0.700. The first-order chi connectivity index (χ1) is 5.40. The molecule has 0 amide bonds. The van der Waals surface area contributed by atoms with Crippen molar-refractivity contribution in [2.45, 2.75) is 27.3 Å². The second-order valence-electron chi connectivity index (χ2n) is 4.10. The van der Waals surface area contributed by atoms with Crippen molar-refractivity contribution >= 4 is 17.4 Å². The van der Waals surface area contributed by atoms with E-state index in [0.29, 0.717) is 10.8 Å². The number of nitrogens with two attached hydrogens (primary N) is 1. The van der Waals surface area contributed by atoms with Crippen LogP contribution in [0, 0.1) is 5.41 Å². The van der Waals surface area contributed by atoms with Gasteiger partial charge in [0.05, 0.1) is 6.20 Å². The van der Waals surface area contributed by atoms with Crippen molar-refractivity contribution in [1.82, 2.24) is 9.78 Å². The van der Waals surface area contributed by atoms with Gasteiger partial charge in [-0.3, -0.25) is 0 Å². The fourth-order valence-corrected chi connectivity index (χ4v) is 1.09. The van der Waals surface area contributed by atoms with Crippen molar-refractivity contribution < 1.29 is 0 Å². The van der Waals surface area contributed by atoms with Crippen molar-refractivity contribution in [1.29, 1.82) is 0 Å². The molecule has 1 rings (SSSR count). The van der Waals surface area contributed by atoms with Gasteiger partial charge in [0.25, 0.3) is 0 Å². The minimum Gasteiger partial charge on any atom is -0.383 e. The summed E-state index contributed by atoms with van der Waals surface area (Å²) >= 11 is 5.75. The number of nitrogen functional groups attached to an aromatic ring is 1.